The Balaban J connectivity index is 2.79. The Morgan fingerprint density at radius 1 is 1.10 bits per heavy atom. The van der Waals surface area contributed by atoms with E-state index < -0.39 is 17.3 Å². The Kier molecular flexibility index (Phi) is 4.57. The minimum Gasteiger partial charge on any atom is -0.406 e. The second kappa shape index (κ2) is 5.55. The second-order valence-electron chi connectivity index (χ2n) is 5.87. The van der Waals surface area contributed by atoms with Gasteiger partial charge in [0.05, 0.1) is 5.41 Å². The number of anilines is 1. The lowest BCUT2D eigenvalue weighted by atomic mass is 9.74. The Bertz CT molecular complexity index is 502. The van der Waals surface area contributed by atoms with Crippen molar-refractivity contribution in [2.75, 3.05) is 5.32 Å². The molecule has 7 heteroatoms. The number of ether oxygens (including phenoxy) is 1. The maximum absolute atomic E-state index is 12.2. The van der Waals surface area contributed by atoms with Gasteiger partial charge in [-0.25, -0.2) is 0 Å². The molecule has 4 nitrogen and oxygen atoms in total. The molecule has 21 heavy (non-hydrogen) atoms. The maximum atomic E-state index is 12.2. The van der Waals surface area contributed by atoms with E-state index in [4.69, 9.17) is 5.73 Å². The Labute approximate surface area is 121 Å². The summed E-state index contributed by atoms with van der Waals surface area (Å²) in [4.78, 5) is 12.2. The molecule has 0 aliphatic carbocycles. The molecule has 3 N–H and O–H groups in total. The van der Waals surface area contributed by atoms with Gasteiger partial charge in [0.25, 0.3) is 0 Å². The van der Waals surface area contributed by atoms with Crippen LogP contribution in [0.1, 0.15) is 27.7 Å². The number of nitrogens with one attached hydrogen (secondary N) is 1. The number of alkyl halides is 3. The van der Waals surface area contributed by atoms with Crippen molar-refractivity contribution in [2.24, 2.45) is 11.1 Å². The lowest BCUT2D eigenvalue weighted by Crippen LogP contribution is -2.53. The molecule has 0 atom stereocenters. The van der Waals surface area contributed by atoms with Crippen LogP contribution in [0, 0.1) is 5.41 Å². The Hall–Kier alpha value is -1.76. The number of carbonyl (C=O) groups is 1. The zero-order chi connectivity index (χ0) is 16.5. The van der Waals surface area contributed by atoms with E-state index >= 15 is 0 Å². The largest absolute Gasteiger partial charge is 0.573 e. The highest BCUT2D eigenvalue weighted by molar-refractivity contribution is 5.95. The van der Waals surface area contributed by atoms with Crippen LogP contribution in [0.25, 0.3) is 0 Å². The molecule has 0 spiro atoms. The lowest BCUT2D eigenvalue weighted by Gasteiger charge is -2.36. The predicted octanol–water partition coefficient (Wildman–Crippen LogP) is 3.29. The van der Waals surface area contributed by atoms with Crippen molar-refractivity contribution in [3.8, 4) is 5.75 Å². The van der Waals surface area contributed by atoms with Gasteiger partial charge in [0, 0.05) is 11.2 Å². The van der Waals surface area contributed by atoms with Gasteiger partial charge in [-0.2, -0.15) is 0 Å². The van der Waals surface area contributed by atoms with Crippen molar-refractivity contribution in [3.63, 3.8) is 0 Å². The van der Waals surface area contributed by atoms with E-state index in [1.165, 1.54) is 12.1 Å². The average molecular weight is 304 g/mol. The zero-order valence-corrected chi connectivity index (χ0v) is 12.3. The standard InChI is InChI=1S/C14H19F3N2O2/c1-12(2,13(3,4)18)11(20)19-9-5-7-10(8-6-9)21-14(15,16)17/h5-8H,18H2,1-4H3,(H,19,20). The van der Waals surface area contributed by atoms with Crippen LogP contribution in [-0.2, 0) is 4.79 Å². The number of rotatable bonds is 4. The quantitative estimate of drug-likeness (QED) is 0.897. The minimum atomic E-state index is -4.74. The Morgan fingerprint density at radius 2 is 1.57 bits per heavy atom. The van der Waals surface area contributed by atoms with Crippen molar-refractivity contribution in [1.29, 1.82) is 0 Å². The molecule has 0 unspecified atom stereocenters. The molecular formula is C14H19F3N2O2. The highest BCUT2D eigenvalue weighted by Crippen LogP contribution is 2.30. The van der Waals surface area contributed by atoms with Crippen molar-refractivity contribution in [3.05, 3.63) is 24.3 Å². The van der Waals surface area contributed by atoms with E-state index in [2.05, 4.69) is 10.1 Å². The first-order chi connectivity index (χ1) is 9.33. The van der Waals surface area contributed by atoms with Crippen molar-refractivity contribution in [2.45, 2.75) is 39.6 Å². The van der Waals surface area contributed by atoms with Gasteiger partial charge in [-0.15, -0.1) is 13.2 Å². The molecule has 0 bridgehead atoms. The topological polar surface area (TPSA) is 64.4 Å². The summed E-state index contributed by atoms with van der Waals surface area (Å²) < 4.78 is 39.9. The van der Waals surface area contributed by atoms with E-state index in [-0.39, 0.29) is 11.7 Å². The molecule has 118 valence electrons. The van der Waals surface area contributed by atoms with Crippen LogP contribution in [0.3, 0.4) is 0 Å². The average Bonchev–Trinajstić information content (AvgIpc) is 2.28. The number of amides is 1. The number of hydrogen-bond acceptors (Lipinski definition) is 3. The molecule has 1 aromatic carbocycles. The SMILES string of the molecule is CC(C)(N)C(C)(C)C(=O)Nc1ccc(OC(F)(F)F)cc1. The third-order valence-electron chi connectivity index (χ3n) is 3.52. The molecule has 0 heterocycles. The monoisotopic (exact) mass is 304 g/mol. The van der Waals surface area contributed by atoms with Gasteiger partial charge in [-0.3, -0.25) is 4.79 Å². The summed E-state index contributed by atoms with van der Waals surface area (Å²) in [5.41, 5.74) is 4.72. The van der Waals surface area contributed by atoms with Gasteiger partial charge < -0.3 is 15.8 Å². The second-order valence-corrected chi connectivity index (χ2v) is 5.87. The Morgan fingerprint density at radius 3 is 1.95 bits per heavy atom. The van der Waals surface area contributed by atoms with E-state index in [9.17, 15) is 18.0 Å². The molecule has 0 saturated heterocycles. The first-order valence-corrected chi connectivity index (χ1v) is 6.29. The van der Waals surface area contributed by atoms with Crippen LogP contribution in [0.4, 0.5) is 18.9 Å². The first kappa shape index (κ1) is 17.3. The normalized spacial score (nSPS) is 13.0. The molecule has 1 amide bonds. The molecule has 0 aromatic heterocycles. The van der Waals surface area contributed by atoms with Crippen LogP contribution in [0.2, 0.25) is 0 Å². The van der Waals surface area contributed by atoms with Crippen molar-refractivity contribution < 1.29 is 22.7 Å². The van der Waals surface area contributed by atoms with Crippen LogP contribution < -0.4 is 15.8 Å². The van der Waals surface area contributed by atoms with Crippen LogP contribution >= 0.6 is 0 Å². The molecule has 0 aliphatic rings. The first-order valence-electron chi connectivity index (χ1n) is 6.29. The summed E-state index contributed by atoms with van der Waals surface area (Å²) in [6.07, 6.45) is -4.74. The van der Waals surface area contributed by atoms with Gasteiger partial charge in [0.2, 0.25) is 5.91 Å². The summed E-state index contributed by atoms with van der Waals surface area (Å²) in [5, 5.41) is 2.62. The maximum Gasteiger partial charge on any atom is 0.573 e. The lowest BCUT2D eigenvalue weighted by molar-refractivity contribution is -0.274. The summed E-state index contributed by atoms with van der Waals surface area (Å²) in [6, 6.07) is 4.92. The summed E-state index contributed by atoms with van der Waals surface area (Å²) in [7, 11) is 0. The van der Waals surface area contributed by atoms with E-state index in [1.807, 2.05) is 0 Å². The number of halogens is 3. The highest BCUT2D eigenvalue weighted by Gasteiger charge is 2.40. The van der Waals surface area contributed by atoms with Gasteiger partial charge in [-0.05, 0) is 52.0 Å². The van der Waals surface area contributed by atoms with E-state index in [1.54, 1.807) is 27.7 Å². The van der Waals surface area contributed by atoms with E-state index in [0.717, 1.165) is 12.1 Å². The van der Waals surface area contributed by atoms with E-state index in [0.29, 0.717) is 5.69 Å². The third-order valence-corrected chi connectivity index (χ3v) is 3.52. The number of nitrogens with two attached hydrogens (primary N) is 1. The zero-order valence-electron chi connectivity index (χ0n) is 12.3. The molecule has 1 aromatic rings. The molecule has 1 rings (SSSR count). The van der Waals surface area contributed by atoms with Gasteiger partial charge in [-0.1, -0.05) is 0 Å². The highest BCUT2D eigenvalue weighted by atomic mass is 19.4. The summed E-state index contributed by atoms with van der Waals surface area (Å²) in [5.74, 6) is -0.668. The summed E-state index contributed by atoms with van der Waals surface area (Å²) >= 11 is 0. The number of hydrogen-bond donors (Lipinski definition) is 2. The van der Waals surface area contributed by atoms with Gasteiger partial charge >= 0.3 is 6.36 Å². The van der Waals surface area contributed by atoms with Crippen molar-refractivity contribution >= 4 is 11.6 Å². The van der Waals surface area contributed by atoms with Crippen LogP contribution in [0.15, 0.2) is 24.3 Å². The minimum absolute atomic E-state index is 0.320. The third kappa shape index (κ3) is 4.63. The van der Waals surface area contributed by atoms with Crippen molar-refractivity contribution in [1.82, 2.24) is 0 Å². The van der Waals surface area contributed by atoms with Crippen LogP contribution in [0.5, 0.6) is 5.75 Å². The molecule has 0 saturated carbocycles. The molecule has 0 radical (unpaired) electrons. The number of benzene rings is 1. The smallest absolute Gasteiger partial charge is 0.406 e. The fourth-order valence-electron chi connectivity index (χ4n) is 1.32. The van der Waals surface area contributed by atoms with Crippen LogP contribution in [-0.4, -0.2) is 17.8 Å². The summed E-state index contributed by atoms with van der Waals surface area (Å²) in [6.45, 7) is 6.85. The number of carbonyl (C=O) groups excluding carboxylic acids is 1. The fourth-order valence-corrected chi connectivity index (χ4v) is 1.32. The fraction of sp³-hybridized carbons (Fsp3) is 0.500. The molecular weight excluding hydrogens is 285 g/mol. The van der Waals surface area contributed by atoms with Gasteiger partial charge in [0.1, 0.15) is 5.75 Å². The predicted molar refractivity (Wildman–Crippen MR) is 73.8 cm³/mol. The molecule has 0 fully saturated rings. The molecule has 0 aliphatic heterocycles. The van der Waals surface area contributed by atoms with Gasteiger partial charge in [0.15, 0.2) is 0 Å².